The Morgan fingerprint density at radius 1 is 1.11 bits per heavy atom. The van der Waals surface area contributed by atoms with Crippen LogP contribution in [0.5, 0.6) is 0 Å². The molecule has 4 nitrogen and oxygen atoms in total. The summed E-state index contributed by atoms with van der Waals surface area (Å²) in [7, 11) is 6.41. The molecule has 0 amide bonds. The van der Waals surface area contributed by atoms with Gasteiger partial charge in [-0.3, -0.25) is 9.80 Å². The molecule has 19 heavy (non-hydrogen) atoms. The maximum absolute atomic E-state index is 3.49. The predicted molar refractivity (Wildman–Crippen MR) is 83.7 cm³/mol. The van der Waals surface area contributed by atoms with Gasteiger partial charge in [0, 0.05) is 51.9 Å². The van der Waals surface area contributed by atoms with Crippen LogP contribution in [-0.4, -0.2) is 87.7 Å². The number of piperazine rings is 1. The fraction of sp³-hybridized carbons (Fsp3) is 1.00. The molecule has 2 unspecified atom stereocenters. The molecule has 0 aromatic carbocycles. The van der Waals surface area contributed by atoms with E-state index >= 15 is 0 Å². The average molecular weight is 270 g/mol. The van der Waals surface area contributed by atoms with Gasteiger partial charge in [-0.05, 0) is 27.1 Å². The standard InChI is InChI=1S/C15H34N4/c1-6-14(2)15(16-3)13-19-11-9-18(10-12-19)8-7-17(4)5/h14-16H,6-13H2,1-5H3. The van der Waals surface area contributed by atoms with E-state index in [9.17, 15) is 0 Å². The smallest absolute Gasteiger partial charge is 0.0217 e. The summed E-state index contributed by atoms with van der Waals surface area (Å²) in [5, 5.41) is 3.49. The van der Waals surface area contributed by atoms with E-state index < -0.39 is 0 Å². The number of nitrogens with one attached hydrogen (secondary N) is 1. The molecule has 0 bridgehead atoms. The predicted octanol–water partition coefficient (Wildman–Crippen LogP) is 0.800. The van der Waals surface area contributed by atoms with E-state index in [4.69, 9.17) is 0 Å². The number of hydrogen-bond donors (Lipinski definition) is 1. The number of rotatable bonds is 8. The lowest BCUT2D eigenvalue weighted by molar-refractivity contribution is 0.110. The fourth-order valence-corrected chi connectivity index (χ4v) is 2.66. The summed E-state index contributed by atoms with van der Waals surface area (Å²) in [5.74, 6) is 0.761. The van der Waals surface area contributed by atoms with Crippen LogP contribution in [0.3, 0.4) is 0 Å². The molecule has 0 aromatic rings. The van der Waals surface area contributed by atoms with E-state index in [0.717, 1.165) is 5.92 Å². The van der Waals surface area contributed by atoms with Gasteiger partial charge < -0.3 is 10.2 Å². The largest absolute Gasteiger partial charge is 0.315 e. The Kier molecular flexibility index (Phi) is 7.91. The number of likely N-dealkylation sites (N-methyl/N-ethyl adjacent to an activating group) is 2. The van der Waals surface area contributed by atoms with Crippen molar-refractivity contribution in [3.63, 3.8) is 0 Å². The van der Waals surface area contributed by atoms with Gasteiger partial charge in [-0.15, -0.1) is 0 Å². The van der Waals surface area contributed by atoms with Gasteiger partial charge >= 0.3 is 0 Å². The Balaban J connectivity index is 2.25. The minimum absolute atomic E-state index is 0.637. The number of nitrogens with zero attached hydrogens (tertiary/aromatic N) is 3. The van der Waals surface area contributed by atoms with E-state index in [1.807, 2.05) is 0 Å². The van der Waals surface area contributed by atoms with E-state index in [1.165, 1.54) is 52.2 Å². The molecule has 0 saturated carbocycles. The molecule has 1 aliphatic heterocycles. The molecule has 1 rings (SSSR count). The van der Waals surface area contributed by atoms with Crippen LogP contribution in [0.2, 0.25) is 0 Å². The summed E-state index contributed by atoms with van der Waals surface area (Å²) in [6, 6.07) is 0.637. The van der Waals surface area contributed by atoms with Crippen LogP contribution in [0.15, 0.2) is 0 Å². The van der Waals surface area contributed by atoms with Crippen molar-refractivity contribution in [1.29, 1.82) is 0 Å². The zero-order chi connectivity index (χ0) is 14.3. The van der Waals surface area contributed by atoms with Crippen LogP contribution in [0, 0.1) is 5.92 Å². The second-order valence-corrected chi connectivity index (χ2v) is 6.23. The van der Waals surface area contributed by atoms with Crippen molar-refractivity contribution < 1.29 is 0 Å². The molecular formula is C15H34N4. The van der Waals surface area contributed by atoms with Crippen molar-refractivity contribution >= 4 is 0 Å². The molecule has 0 aliphatic carbocycles. The van der Waals surface area contributed by atoms with Gasteiger partial charge in [0.2, 0.25) is 0 Å². The highest BCUT2D eigenvalue weighted by Crippen LogP contribution is 2.10. The van der Waals surface area contributed by atoms with E-state index in [0.29, 0.717) is 6.04 Å². The monoisotopic (exact) mass is 270 g/mol. The summed E-state index contributed by atoms with van der Waals surface area (Å²) < 4.78 is 0. The summed E-state index contributed by atoms with van der Waals surface area (Å²) >= 11 is 0. The van der Waals surface area contributed by atoms with Crippen molar-refractivity contribution in [1.82, 2.24) is 20.0 Å². The zero-order valence-corrected chi connectivity index (χ0v) is 13.7. The Bertz CT molecular complexity index is 224. The van der Waals surface area contributed by atoms with Gasteiger partial charge in [0.15, 0.2) is 0 Å². The van der Waals surface area contributed by atoms with Crippen molar-refractivity contribution in [2.24, 2.45) is 5.92 Å². The second kappa shape index (κ2) is 8.90. The lowest BCUT2D eigenvalue weighted by Gasteiger charge is -2.37. The van der Waals surface area contributed by atoms with Crippen molar-refractivity contribution in [2.75, 3.05) is 67.0 Å². The van der Waals surface area contributed by atoms with Crippen molar-refractivity contribution in [3.05, 3.63) is 0 Å². The van der Waals surface area contributed by atoms with Crippen LogP contribution in [0.4, 0.5) is 0 Å². The minimum atomic E-state index is 0.637. The van der Waals surface area contributed by atoms with Crippen molar-refractivity contribution in [3.8, 4) is 0 Å². The highest BCUT2D eigenvalue weighted by Gasteiger charge is 2.21. The minimum Gasteiger partial charge on any atom is -0.315 e. The van der Waals surface area contributed by atoms with Gasteiger partial charge in [0.05, 0.1) is 0 Å². The Labute approximate surface area is 120 Å². The van der Waals surface area contributed by atoms with Gasteiger partial charge in [0.1, 0.15) is 0 Å². The van der Waals surface area contributed by atoms with Crippen LogP contribution < -0.4 is 5.32 Å². The maximum Gasteiger partial charge on any atom is 0.0217 e. The fourth-order valence-electron chi connectivity index (χ4n) is 2.66. The molecule has 0 radical (unpaired) electrons. The summed E-state index contributed by atoms with van der Waals surface area (Å²) in [6.45, 7) is 13.1. The molecule has 1 aliphatic rings. The molecule has 4 heteroatoms. The van der Waals surface area contributed by atoms with Crippen LogP contribution in [0.1, 0.15) is 20.3 Å². The molecule has 1 fully saturated rings. The second-order valence-electron chi connectivity index (χ2n) is 6.23. The third-order valence-corrected chi connectivity index (χ3v) is 4.48. The lowest BCUT2D eigenvalue weighted by Crippen LogP contribution is -2.52. The molecule has 2 atom stereocenters. The summed E-state index contributed by atoms with van der Waals surface area (Å²) in [6.07, 6.45) is 1.26. The first-order chi connectivity index (χ1) is 9.06. The molecule has 1 N–H and O–H groups in total. The Hall–Kier alpha value is -0.160. The topological polar surface area (TPSA) is 21.8 Å². The molecule has 114 valence electrons. The first-order valence-electron chi connectivity index (χ1n) is 7.83. The first kappa shape index (κ1) is 16.9. The first-order valence-corrected chi connectivity index (χ1v) is 7.83. The Morgan fingerprint density at radius 2 is 1.68 bits per heavy atom. The molecule has 1 heterocycles. The van der Waals surface area contributed by atoms with Gasteiger partial charge in [-0.25, -0.2) is 0 Å². The third-order valence-electron chi connectivity index (χ3n) is 4.48. The maximum atomic E-state index is 3.49. The van der Waals surface area contributed by atoms with Gasteiger partial charge in [0.25, 0.3) is 0 Å². The quantitative estimate of drug-likeness (QED) is 0.704. The van der Waals surface area contributed by atoms with Crippen LogP contribution in [-0.2, 0) is 0 Å². The van der Waals surface area contributed by atoms with E-state index in [1.54, 1.807) is 0 Å². The highest BCUT2D eigenvalue weighted by atomic mass is 15.3. The van der Waals surface area contributed by atoms with Crippen molar-refractivity contribution in [2.45, 2.75) is 26.3 Å². The normalized spacial score (nSPS) is 21.8. The van der Waals surface area contributed by atoms with Gasteiger partial charge in [-0.1, -0.05) is 20.3 Å². The lowest BCUT2D eigenvalue weighted by atomic mass is 9.98. The van der Waals surface area contributed by atoms with Crippen LogP contribution >= 0.6 is 0 Å². The third kappa shape index (κ3) is 6.21. The van der Waals surface area contributed by atoms with Gasteiger partial charge in [-0.2, -0.15) is 0 Å². The van der Waals surface area contributed by atoms with E-state index in [2.05, 4.69) is 55.0 Å². The average Bonchev–Trinajstić information content (AvgIpc) is 2.42. The molecule has 1 saturated heterocycles. The van der Waals surface area contributed by atoms with Crippen LogP contribution in [0.25, 0.3) is 0 Å². The number of hydrogen-bond acceptors (Lipinski definition) is 4. The molecular weight excluding hydrogens is 236 g/mol. The zero-order valence-electron chi connectivity index (χ0n) is 13.7. The summed E-state index contributed by atoms with van der Waals surface area (Å²) in [5.41, 5.74) is 0. The Morgan fingerprint density at radius 3 is 2.16 bits per heavy atom. The SMILES string of the molecule is CCC(C)C(CN1CCN(CCN(C)C)CC1)NC. The molecule has 0 aromatic heterocycles. The highest BCUT2D eigenvalue weighted by molar-refractivity contribution is 4.79. The van der Waals surface area contributed by atoms with E-state index in [-0.39, 0.29) is 0 Å². The summed E-state index contributed by atoms with van der Waals surface area (Å²) in [4.78, 5) is 7.49. The molecule has 0 spiro atoms.